The highest BCUT2D eigenvalue weighted by Crippen LogP contribution is 2.40. The van der Waals surface area contributed by atoms with Crippen LogP contribution in [0.25, 0.3) is 10.6 Å². The Morgan fingerprint density at radius 1 is 1.18 bits per heavy atom. The summed E-state index contributed by atoms with van der Waals surface area (Å²) < 4.78 is 53.6. The quantitative estimate of drug-likeness (QED) is 0.493. The fourth-order valence-electron chi connectivity index (χ4n) is 2.66. The van der Waals surface area contributed by atoms with Gasteiger partial charge in [0.2, 0.25) is 19.1 Å². The Kier molecular flexibility index (Phi) is 5.50. The third-order valence-corrected chi connectivity index (χ3v) is 9.62. The highest BCUT2D eigenvalue weighted by molar-refractivity contribution is 7.96. The number of hydrogen-bond acceptors (Lipinski definition) is 5. The van der Waals surface area contributed by atoms with Crippen molar-refractivity contribution < 1.29 is 17.4 Å². The molecule has 1 unspecified atom stereocenters. The number of thiazole rings is 1. The first-order valence-electron chi connectivity index (χ1n) is 8.51. The van der Waals surface area contributed by atoms with E-state index in [0.29, 0.717) is 16.7 Å². The van der Waals surface area contributed by atoms with Gasteiger partial charge in [-0.1, -0.05) is 35.1 Å². The van der Waals surface area contributed by atoms with E-state index in [9.17, 15) is 17.4 Å². The molecule has 2 aromatic carbocycles. The Bertz CT molecular complexity index is 1110. The molecule has 28 heavy (non-hydrogen) atoms. The zero-order valence-electron chi connectivity index (χ0n) is 14.5. The Morgan fingerprint density at radius 3 is 2.50 bits per heavy atom. The molecule has 1 fully saturated rings. The van der Waals surface area contributed by atoms with E-state index < -0.39 is 26.8 Å². The van der Waals surface area contributed by atoms with Crippen molar-refractivity contribution in [3.05, 3.63) is 59.4 Å². The van der Waals surface area contributed by atoms with Crippen molar-refractivity contribution in [2.24, 2.45) is 5.92 Å². The van der Waals surface area contributed by atoms with Crippen molar-refractivity contribution in [3.63, 3.8) is 0 Å². The minimum atomic E-state index is -4.02. The van der Waals surface area contributed by atoms with Crippen LogP contribution >= 0.6 is 22.9 Å². The van der Waals surface area contributed by atoms with Gasteiger partial charge in [-0.25, -0.2) is 17.8 Å². The Morgan fingerprint density at radius 2 is 1.86 bits per heavy atom. The Balaban J connectivity index is 1.84. The lowest BCUT2D eigenvalue weighted by Gasteiger charge is -2.09. The van der Waals surface area contributed by atoms with Crippen LogP contribution in [0.4, 0.5) is 4.39 Å². The maximum absolute atomic E-state index is 14.2. The molecule has 1 heterocycles. The molecule has 1 aliphatic carbocycles. The van der Waals surface area contributed by atoms with Gasteiger partial charge >= 0.3 is 0 Å². The maximum Gasteiger partial charge on any atom is 0.246 e. The number of nitrogens with zero attached hydrogens (tertiary/aromatic N) is 1. The fourth-order valence-corrected chi connectivity index (χ4v) is 7.74. The second-order valence-corrected chi connectivity index (χ2v) is 11.5. The Labute approximate surface area is 174 Å². The van der Waals surface area contributed by atoms with E-state index in [1.165, 1.54) is 36.4 Å². The highest BCUT2D eigenvalue weighted by atomic mass is 35.5. The molecule has 1 aromatic heterocycles. The first-order valence-corrected chi connectivity index (χ1v) is 12.5. The summed E-state index contributed by atoms with van der Waals surface area (Å²) in [6.07, 6.45) is 1.98. The SMILES string of the molecule is O=S(=O)(c1ccc(Cl)cc1)c1nc(-c2ccccc2F)sc1[S+]([O-])CC1CC1. The molecule has 146 valence electrons. The zero-order chi connectivity index (χ0) is 19.9. The van der Waals surface area contributed by atoms with Gasteiger partial charge in [-0.05, 0) is 60.4 Å². The van der Waals surface area contributed by atoms with Crippen LogP contribution in [-0.4, -0.2) is 23.7 Å². The third-order valence-electron chi connectivity index (χ3n) is 4.34. The van der Waals surface area contributed by atoms with Gasteiger partial charge in [0.15, 0.2) is 0 Å². The summed E-state index contributed by atoms with van der Waals surface area (Å²) in [4.78, 5) is 4.23. The molecule has 0 aliphatic heterocycles. The number of aromatic nitrogens is 1. The molecule has 1 saturated carbocycles. The first kappa shape index (κ1) is 19.8. The lowest BCUT2D eigenvalue weighted by atomic mass is 10.2. The van der Waals surface area contributed by atoms with Crippen LogP contribution in [0.2, 0.25) is 5.02 Å². The van der Waals surface area contributed by atoms with Crippen molar-refractivity contribution >= 4 is 44.0 Å². The summed E-state index contributed by atoms with van der Waals surface area (Å²) in [7, 11) is -4.02. The third kappa shape index (κ3) is 3.97. The standard InChI is InChI=1S/C19H15ClFNO3S3/c20-13-7-9-14(10-8-13)28(24,25)18-19(27(23)11-12-5-6-12)26-17(22-18)15-3-1-2-4-16(15)21/h1-4,7-10,12H,5-6,11H2. The summed E-state index contributed by atoms with van der Waals surface area (Å²) in [5, 5.41) is 0.337. The maximum atomic E-state index is 14.2. The van der Waals surface area contributed by atoms with Gasteiger partial charge in [0.05, 0.1) is 4.90 Å². The second kappa shape index (κ2) is 7.76. The van der Waals surface area contributed by atoms with Gasteiger partial charge in [0.25, 0.3) is 0 Å². The topological polar surface area (TPSA) is 70.1 Å². The van der Waals surface area contributed by atoms with E-state index in [1.54, 1.807) is 12.1 Å². The summed E-state index contributed by atoms with van der Waals surface area (Å²) in [6, 6.07) is 11.7. The molecule has 0 N–H and O–H groups in total. The molecule has 1 aliphatic rings. The largest absolute Gasteiger partial charge is 0.611 e. The molecule has 0 amide bonds. The van der Waals surface area contributed by atoms with E-state index >= 15 is 0 Å². The molecular weight excluding hydrogens is 441 g/mol. The molecule has 1 atom stereocenters. The van der Waals surface area contributed by atoms with Crippen molar-refractivity contribution in [2.75, 3.05) is 5.75 Å². The van der Waals surface area contributed by atoms with Crippen LogP contribution in [0.5, 0.6) is 0 Å². The summed E-state index contributed by atoms with van der Waals surface area (Å²) in [5.41, 5.74) is 0.190. The number of hydrogen-bond donors (Lipinski definition) is 0. The predicted octanol–water partition coefficient (Wildman–Crippen LogP) is 4.95. The molecule has 0 radical (unpaired) electrons. The minimum Gasteiger partial charge on any atom is -0.611 e. The smallest absolute Gasteiger partial charge is 0.246 e. The van der Waals surface area contributed by atoms with Crippen LogP contribution in [0.1, 0.15) is 12.8 Å². The predicted molar refractivity (Wildman–Crippen MR) is 108 cm³/mol. The van der Waals surface area contributed by atoms with E-state index in [-0.39, 0.29) is 24.7 Å². The van der Waals surface area contributed by atoms with Crippen LogP contribution in [0.15, 0.2) is 62.7 Å². The molecule has 0 spiro atoms. The minimum absolute atomic E-state index is 0.00644. The van der Waals surface area contributed by atoms with Gasteiger partial charge in [-0.2, -0.15) is 0 Å². The normalized spacial score (nSPS) is 15.5. The van der Waals surface area contributed by atoms with E-state index in [2.05, 4.69) is 4.98 Å². The number of halogens is 2. The summed E-state index contributed by atoms with van der Waals surface area (Å²) in [6.45, 7) is 0. The van der Waals surface area contributed by atoms with Gasteiger partial charge in [-0.3, -0.25) is 0 Å². The monoisotopic (exact) mass is 455 g/mol. The molecule has 9 heteroatoms. The lowest BCUT2D eigenvalue weighted by Crippen LogP contribution is -2.12. The summed E-state index contributed by atoms with van der Waals surface area (Å²) >= 11 is 5.31. The van der Waals surface area contributed by atoms with Gasteiger partial charge in [-0.15, -0.1) is 0 Å². The van der Waals surface area contributed by atoms with Gasteiger partial charge < -0.3 is 4.55 Å². The first-order chi connectivity index (χ1) is 13.4. The molecule has 4 nitrogen and oxygen atoms in total. The van der Waals surface area contributed by atoms with Crippen molar-refractivity contribution in [2.45, 2.75) is 27.0 Å². The average Bonchev–Trinajstić information content (AvgIpc) is 3.36. The zero-order valence-corrected chi connectivity index (χ0v) is 17.7. The molecule has 0 bridgehead atoms. The molecule has 0 saturated heterocycles. The summed E-state index contributed by atoms with van der Waals surface area (Å²) in [5.74, 6) is 0.222. The van der Waals surface area contributed by atoms with Crippen molar-refractivity contribution in [1.29, 1.82) is 0 Å². The average molecular weight is 456 g/mol. The van der Waals surface area contributed by atoms with Crippen molar-refractivity contribution in [3.8, 4) is 10.6 Å². The molecule has 4 rings (SSSR count). The van der Waals surface area contributed by atoms with Crippen LogP contribution in [0.3, 0.4) is 0 Å². The number of sulfone groups is 1. The van der Waals surface area contributed by atoms with Gasteiger partial charge in [0, 0.05) is 16.5 Å². The van der Waals surface area contributed by atoms with E-state index in [1.807, 2.05) is 0 Å². The fraction of sp³-hybridized carbons (Fsp3) is 0.211. The number of benzene rings is 2. The van der Waals surface area contributed by atoms with Crippen LogP contribution in [-0.2, 0) is 21.0 Å². The Hall–Kier alpha value is -1.45. The molecule has 3 aromatic rings. The second-order valence-electron chi connectivity index (χ2n) is 6.50. The van der Waals surface area contributed by atoms with E-state index in [4.69, 9.17) is 11.6 Å². The molecular formula is C19H15ClFNO3S3. The van der Waals surface area contributed by atoms with Crippen LogP contribution in [0, 0.1) is 11.7 Å². The van der Waals surface area contributed by atoms with Crippen LogP contribution < -0.4 is 0 Å². The van der Waals surface area contributed by atoms with Crippen molar-refractivity contribution in [1.82, 2.24) is 4.98 Å². The highest BCUT2D eigenvalue weighted by Gasteiger charge is 2.36. The number of rotatable bonds is 6. The van der Waals surface area contributed by atoms with Gasteiger partial charge in [0.1, 0.15) is 16.6 Å². The lowest BCUT2D eigenvalue weighted by molar-refractivity contribution is 0.580. The van der Waals surface area contributed by atoms with E-state index in [0.717, 1.165) is 24.2 Å².